The second-order valence-corrected chi connectivity index (χ2v) is 3.97. The van der Waals surface area contributed by atoms with Gasteiger partial charge in [-0.2, -0.15) is 0 Å². The molecule has 1 heterocycles. The van der Waals surface area contributed by atoms with Crippen molar-refractivity contribution in [3.8, 4) is 0 Å². The molecule has 1 aliphatic rings. The Labute approximate surface area is 89.6 Å². The molecular formula is C11H17NO3. The highest BCUT2D eigenvalue weighted by Gasteiger charge is 2.26. The normalized spacial score (nSPS) is 22.7. The lowest BCUT2D eigenvalue weighted by molar-refractivity contribution is -0.133. The number of nitrogens with zero attached hydrogens (tertiary/aromatic N) is 1. The summed E-state index contributed by atoms with van der Waals surface area (Å²) >= 11 is 0. The number of rotatable bonds is 4. The predicted molar refractivity (Wildman–Crippen MR) is 56.6 cm³/mol. The van der Waals surface area contributed by atoms with Crippen molar-refractivity contribution in [3.05, 3.63) is 12.2 Å². The van der Waals surface area contributed by atoms with Crippen LogP contribution in [0.25, 0.3) is 0 Å². The molecule has 0 aromatic carbocycles. The highest BCUT2D eigenvalue weighted by molar-refractivity contribution is 5.86. The Balaban J connectivity index is 2.48. The van der Waals surface area contributed by atoms with Gasteiger partial charge in [-0.1, -0.05) is 13.5 Å². The molecule has 84 valence electrons. The van der Waals surface area contributed by atoms with Gasteiger partial charge >= 0.3 is 5.97 Å². The Morgan fingerprint density at radius 2 is 2.33 bits per heavy atom. The van der Waals surface area contributed by atoms with E-state index in [0.29, 0.717) is 31.8 Å². The summed E-state index contributed by atoms with van der Waals surface area (Å²) in [5, 5.41) is 8.69. The minimum atomic E-state index is -0.958. The molecule has 0 aliphatic carbocycles. The highest BCUT2D eigenvalue weighted by Crippen LogP contribution is 2.16. The topological polar surface area (TPSA) is 57.6 Å². The van der Waals surface area contributed by atoms with Crippen LogP contribution in [0, 0.1) is 5.92 Å². The van der Waals surface area contributed by atoms with E-state index in [-0.39, 0.29) is 11.5 Å². The third-order valence-corrected chi connectivity index (χ3v) is 2.82. The van der Waals surface area contributed by atoms with E-state index in [0.717, 1.165) is 6.42 Å². The van der Waals surface area contributed by atoms with E-state index < -0.39 is 5.97 Å². The Kier molecular flexibility index (Phi) is 4.03. The maximum atomic E-state index is 11.4. The van der Waals surface area contributed by atoms with E-state index in [4.69, 9.17) is 5.11 Å². The van der Waals surface area contributed by atoms with Gasteiger partial charge in [0.1, 0.15) is 5.78 Å². The van der Waals surface area contributed by atoms with Crippen LogP contribution in [0.5, 0.6) is 0 Å². The molecular weight excluding hydrogens is 194 g/mol. The van der Waals surface area contributed by atoms with Crippen LogP contribution >= 0.6 is 0 Å². The number of carbonyl (C=O) groups excluding carboxylic acids is 1. The van der Waals surface area contributed by atoms with Crippen LogP contribution in [-0.2, 0) is 9.59 Å². The number of carboxylic acid groups (broad SMARTS) is 1. The van der Waals surface area contributed by atoms with Gasteiger partial charge in [0.05, 0.1) is 0 Å². The van der Waals surface area contributed by atoms with Gasteiger partial charge in [-0.05, 0) is 6.42 Å². The summed E-state index contributed by atoms with van der Waals surface area (Å²) in [4.78, 5) is 24.0. The summed E-state index contributed by atoms with van der Waals surface area (Å²) in [5.41, 5.74) is 0.194. The van der Waals surface area contributed by atoms with Crippen molar-refractivity contribution in [1.29, 1.82) is 0 Å². The summed E-state index contributed by atoms with van der Waals surface area (Å²) in [5.74, 6) is -0.588. The van der Waals surface area contributed by atoms with Crippen LogP contribution in [0.15, 0.2) is 12.2 Å². The van der Waals surface area contributed by atoms with Gasteiger partial charge in [0, 0.05) is 37.5 Å². The van der Waals surface area contributed by atoms with Crippen LogP contribution < -0.4 is 0 Å². The molecule has 0 aromatic rings. The molecule has 0 aromatic heterocycles. The third kappa shape index (κ3) is 3.16. The lowest BCUT2D eigenvalue weighted by Gasteiger charge is -2.31. The molecule has 15 heavy (non-hydrogen) atoms. The number of Topliss-reactive ketones (excluding diaryl/α,β-unsaturated/α-hetero) is 1. The molecule has 1 rings (SSSR count). The van der Waals surface area contributed by atoms with Crippen LogP contribution in [0.4, 0.5) is 0 Å². The average molecular weight is 211 g/mol. The first-order valence-electron chi connectivity index (χ1n) is 5.20. The number of carbonyl (C=O) groups is 2. The second kappa shape index (κ2) is 5.07. The smallest absolute Gasteiger partial charge is 0.332 e. The molecule has 1 atom stereocenters. The van der Waals surface area contributed by atoms with Crippen molar-refractivity contribution in [1.82, 2.24) is 4.90 Å². The molecule has 1 N–H and O–H groups in total. The zero-order chi connectivity index (χ0) is 11.4. The average Bonchev–Trinajstić information content (AvgIpc) is 2.20. The minimum Gasteiger partial charge on any atom is -0.478 e. The number of hydrogen-bond acceptors (Lipinski definition) is 3. The molecule has 0 radical (unpaired) electrons. The summed E-state index contributed by atoms with van der Waals surface area (Å²) in [7, 11) is 0. The second-order valence-electron chi connectivity index (χ2n) is 3.97. The van der Waals surface area contributed by atoms with Crippen molar-refractivity contribution >= 4 is 11.8 Å². The fraction of sp³-hybridized carbons (Fsp3) is 0.636. The lowest BCUT2D eigenvalue weighted by atomic mass is 9.94. The fourth-order valence-corrected chi connectivity index (χ4v) is 1.82. The minimum absolute atomic E-state index is 0.0698. The largest absolute Gasteiger partial charge is 0.478 e. The maximum Gasteiger partial charge on any atom is 0.332 e. The first kappa shape index (κ1) is 11.9. The molecule has 4 nitrogen and oxygen atoms in total. The summed E-state index contributed by atoms with van der Waals surface area (Å²) in [6.07, 6.45) is 1.36. The van der Waals surface area contributed by atoms with Crippen LogP contribution in [0.2, 0.25) is 0 Å². The van der Waals surface area contributed by atoms with Gasteiger partial charge in [-0.3, -0.25) is 9.69 Å². The summed E-state index contributed by atoms with van der Waals surface area (Å²) in [6, 6.07) is 0. The van der Waals surface area contributed by atoms with Crippen LogP contribution in [0.1, 0.15) is 19.8 Å². The van der Waals surface area contributed by atoms with Gasteiger partial charge < -0.3 is 5.11 Å². The van der Waals surface area contributed by atoms with E-state index in [1.54, 1.807) is 0 Å². The molecule has 0 amide bonds. The van der Waals surface area contributed by atoms with Crippen LogP contribution in [-0.4, -0.2) is 41.4 Å². The summed E-state index contributed by atoms with van der Waals surface area (Å²) < 4.78 is 0. The molecule has 0 spiro atoms. The van der Waals surface area contributed by atoms with Gasteiger partial charge in [-0.25, -0.2) is 4.79 Å². The first-order valence-corrected chi connectivity index (χ1v) is 5.20. The Bertz CT molecular complexity index is 286. The van der Waals surface area contributed by atoms with Gasteiger partial charge in [0.15, 0.2) is 0 Å². The molecule has 1 saturated heterocycles. The van der Waals surface area contributed by atoms with E-state index in [1.165, 1.54) is 0 Å². The zero-order valence-electron chi connectivity index (χ0n) is 9.03. The van der Waals surface area contributed by atoms with Crippen molar-refractivity contribution in [2.24, 2.45) is 5.92 Å². The SMILES string of the molecule is C=C(CN1CCC(=O)C(CC)C1)C(=O)O. The quantitative estimate of drug-likeness (QED) is 0.703. The van der Waals surface area contributed by atoms with Crippen molar-refractivity contribution in [2.45, 2.75) is 19.8 Å². The molecule has 1 aliphatic heterocycles. The van der Waals surface area contributed by atoms with E-state index in [2.05, 4.69) is 6.58 Å². The third-order valence-electron chi connectivity index (χ3n) is 2.82. The number of carboxylic acids is 1. The molecule has 0 bridgehead atoms. The number of hydrogen-bond donors (Lipinski definition) is 1. The van der Waals surface area contributed by atoms with Gasteiger partial charge in [0.25, 0.3) is 0 Å². The van der Waals surface area contributed by atoms with E-state index in [9.17, 15) is 9.59 Å². The van der Waals surface area contributed by atoms with E-state index >= 15 is 0 Å². The Morgan fingerprint density at radius 3 is 2.87 bits per heavy atom. The van der Waals surface area contributed by atoms with Crippen molar-refractivity contribution in [2.75, 3.05) is 19.6 Å². The predicted octanol–water partition coefficient (Wildman–Crippen LogP) is 0.928. The standard InChI is InChI=1S/C11H17NO3/c1-3-9-7-12(5-4-10(9)13)6-8(2)11(14)15/h9H,2-7H2,1H3,(H,14,15). The fourth-order valence-electron chi connectivity index (χ4n) is 1.82. The highest BCUT2D eigenvalue weighted by atomic mass is 16.4. The molecule has 1 fully saturated rings. The first-order chi connectivity index (χ1) is 7.04. The van der Waals surface area contributed by atoms with Crippen molar-refractivity contribution in [3.63, 3.8) is 0 Å². The Hall–Kier alpha value is -1.16. The maximum absolute atomic E-state index is 11.4. The molecule has 0 saturated carbocycles. The van der Waals surface area contributed by atoms with E-state index in [1.807, 2.05) is 11.8 Å². The number of aliphatic carboxylic acids is 1. The number of likely N-dealkylation sites (tertiary alicyclic amines) is 1. The molecule has 4 heteroatoms. The summed E-state index contributed by atoms with van der Waals surface area (Å²) in [6.45, 7) is 7.16. The monoisotopic (exact) mass is 211 g/mol. The number of ketones is 1. The Morgan fingerprint density at radius 1 is 1.67 bits per heavy atom. The van der Waals surface area contributed by atoms with Crippen molar-refractivity contribution < 1.29 is 14.7 Å². The lowest BCUT2D eigenvalue weighted by Crippen LogP contribution is -2.41. The van der Waals surface area contributed by atoms with Gasteiger partial charge in [0.2, 0.25) is 0 Å². The number of piperidine rings is 1. The molecule has 1 unspecified atom stereocenters. The van der Waals surface area contributed by atoms with Crippen LogP contribution in [0.3, 0.4) is 0 Å². The zero-order valence-corrected chi connectivity index (χ0v) is 9.03. The van der Waals surface area contributed by atoms with Gasteiger partial charge in [-0.15, -0.1) is 0 Å².